The van der Waals surface area contributed by atoms with Gasteiger partial charge >= 0.3 is 5.97 Å². The van der Waals surface area contributed by atoms with Crippen molar-refractivity contribution in [1.82, 2.24) is 0 Å². The molecule has 15 heavy (non-hydrogen) atoms. The van der Waals surface area contributed by atoms with Crippen molar-refractivity contribution in [2.45, 2.75) is 30.7 Å². The summed E-state index contributed by atoms with van der Waals surface area (Å²) in [6.45, 7) is 0. The summed E-state index contributed by atoms with van der Waals surface area (Å²) in [4.78, 5) is 10.7. The molecular formula is C12H15NO2. The van der Waals surface area contributed by atoms with Crippen LogP contribution in [0.15, 0.2) is 30.3 Å². The highest BCUT2D eigenvalue weighted by Crippen LogP contribution is 2.51. The predicted molar refractivity (Wildman–Crippen MR) is 57.6 cm³/mol. The summed E-state index contributed by atoms with van der Waals surface area (Å²) in [7, 11) is 0. The minimum atomic E-state index is -0.905. The van der Waals surface area contributed by atoms with E-state index in [0.29, 0.717) is 6.42 Å². The predicted octanol–water partition coefficient (Wildman–Crippen LogP) is 1.52. The van der Waals surface area contributed by atoms with Crippen LogP contribution in [0.2, 0.25) is 0 Å². The Labute approximate surface area is 88.9 Å². The van der Waals surface area contributed by atoms with Crippen LogP contribution in [0.25, 0.3) is 0 Å². The van der Waals surface area contributed by atoms with Gasteiger partial charge in [0.2, 0.25) is 0 Å². The molecule has 0 unspecified atom stereocenters. The maximum Gasteiger partial charge on any atom is 0.320 e. The van der Waals surface area contributed by atoms with Gasteiger partial charge in [0.15, 0.2) is 0 Å². The second-order valence-electron chi connectivity index (χ2n) is 4.30. The van der Waals surface area contributed by atoms with Crippen molar-refractivity contribution in [2.24, 2.45) is 5.73 Å². The van der Waals surface area contributed by atoms with Crippen LogP contribution < -0.4 is 5.73 Å². The Kier molecular flexibility index (Phi) is 2.49. The largest absolute Gasteiger partial charge is 0.480 e. The Bertz CT molecular complexity index is 357. The summed E-state index contributed by atoms with van der Waals surface area (Å²) in [5.74, 6) is -0.905. The molecule has 0 aliphatic heterocycles. The van der Waals surface area contributed by atoms with Crippen molar-refractivity contribution < 1.29 is 9.90 Å². The number of rotatable bonds is 4. The quantitative estimate of drug-likeness (QED) is 0.783. The first-order valence-electron chi connectivity index (χ1n) is 5.18. The van der Waals surface area contributed by atoms with Crippen molar-refractivity contribution in [2.75, 3.05) is 0 Å². The summed E-state index contributed by atoms with van der Waals surface area (Å²) in [6.07, 6.45) is 2.66. The van der Waals surface area contributed by atoms with E-state index in [4.69, 9.17) is 10.8 Å². The molecule has 1 aromatic rings. The van der Waals surface area contributed by atoms with E-state index < -0.39 is 12.0 Å². The lowest BCUT2D eigenvalue weighted by Gasteiger charge is -2.17. The van der Waals surface area contributed by atoms with E-state index in [0.717, 1.165) is 12.8 Å². The van der Waals surface area contributed by atoms with Crippen molar-refractivity contribution in [3.8, 4) is 0 Å². The molecule has 0 aromatic heterocycles. The van der Waals surface area contributed by atoms with Crippen molar-refractivity contribution in [3.63, 3.8) is 0 Å². The molecule has 3 nitrogen and oxygen atoms in total. The van der Waals surface area contributed by atoms with Gasteiger partial charge in [0.1, 0.15) is 6.04 Å². The van der Waals surface area contributed by atoms with E-state index in [1.807, 2.05) is 18.2 Å². The Morgan fingerprint density at radius 2 is 2.00 bits per heavy atom. The standard InChI is InChI=1S/C12H15NO2/c13-10(11(14)15)8-12(6-7-12)9-4-2-1-3-5-9/h1-5,10H,6-8,13H2,(H,14,15)/t10-/m0/s1. The third kappa shape index (κ3) is 2.02. The van der Waals surface area contributed by atoms with Gasteiger partial charge < -0.3 is 10.8 Å². The number of carboxylic acid groups (broad SMARTS) is 1. The second-order valence-corrected chi connectivity index (χ2v) is 4.30. The summed E-state index contributed by atoms with van der Waals surface area (Å²) in [5.41, 5.74) is 6.84. The number of carbonyl (C=O) groups is 1. The zero-order valence-electron chi connectivity index (χ0n) is 8.52. The molecule has 1 aliphatic carbocycles. The number of hydrogen-bond donors (Lipinski definition) is 2. The van der Waals surface area contributed by atoms with Crippen LogP contribution in [0.1, 0.15) is 24.8 Å². The minimum Gasteiger partial charge on any atom is -0.480 e. The zero-order valence-corrected chi connectivity index (χ0v) is 8.52. The van der Waals surface area contributed by atoms with E-state index >= 15 is 0 Å². The second kappa shape index (κ2) is 3.66. The van der Waals surface area contributed by atoms with Crippen LogP contribution in [-0.4, -0.2) is 17.1 Å². The van der Waals surface area contributed by atoms with E-state index in [-0.39, 0.29) is 5.41 Å². The van der Waals surface area contributed by atoms with Gasteiger partial charge in [-0.05, 0) is 30.2 Å². The molecule has 1 aromatic carbocycles. The molecule has 1 fully saturated rings. The lowest BCUT2D eigenvalue weighted by molar-refractivity contribution is -0.138. The molecule has 2 rings (SSSR count). The van der Waals surface area contributed by atoms with Crippen LogP contribution in [0.5, 0.6) is 0 Å². The van der Waals surface area contributed by atoms with E-state index in [1.54, 1.807) is 0 Å². The van der Waals surface area contributed by atoms with Gasteiger partial charge in [-0.2, -0.15) is 0 Å². The smallest absolute Gasteiger partial charge is 0.320 e. The number of hydrogen-bond acceptors (Lipinski definition) is 2. The topological polar surface area (TPSA) is 63.3 Å². The first kappa shape index (κ1) is 10.2. The fraction of sp³-hybridized carbons (Fsp3) is 0.417. The first-order valence-corrected chi connectivity index (χ1v) is 5.18. The molecule has 1 atom stereocenters. The van der Waals surface area contributed by atoms with Gasteiger partial charge in [-0.15, -0.1) is 0 Å². The molecule has 80 valence electrons. The van der Waals surface area contributed by atoms with Crippen molar-refractivity contribution in [1.29, 1.82) is 0 Å². The highest BCUT2D eigenvalue weighted by molar-refractivity contribution is 5.73. The number of aliphatic carboxylic acids is 1. The fourth-order valence-corrected chi connectivity index (χ4v) is 2.06. The van der Waals surface area contributed by atoms with E-state index in [1.165, 1.54) is 5.56 Å². The molecule has 3 heteroatoms. The van der Waals surface area contributed by atoms with Crippen LogP contribution >= 0.6 is 0 Å². The van der Waals surface area contributed by atoms with Gasteiger partial charge in [0.25, 0.3) is 0 Å². The maximum atomic E-state index is 10.7. The molecular weight excluding hydrogens is 190 g/mol. The van der Waals surface area contributed by atoms with Crippen LogP contribution in [-0.2, 0) is 10.2 Å². The summed E-state index contributed by atoms with van der Waals surface area (Å²) >= 11 is 0. The third-order valence-electron chi connectivity index (χ3n) is 3.17. The lowest BCUT2D eigenvalue weighted by Crippen LogP contribution is -2.34. The lowest BCUT2D eigenvalue weighted by atomic mass is 9.89. The number of carboxylic acids is 1. The van der Waals surface area contributed by atoms with Crippen molar-refractivity contribution >= 4 is 5.97 Å². The zero-order chi connectivity index (χ0) is 10.9. The average Bonchev–Trinajstić information content (AvgIpc) is 3.00. The van der Waals surface area contributed by atoms with E-state index in [9.17, 15) is 4.79 Å². The Balaban J connectivity index is 2.12. The van der Waals surface area contributed by atoms with Gasteiger partial charge in [-0.1, -0.05) is 30.3 Å². The summed E-state index contributed by atoms with van der Waals surface area (Å²) in [6, 6.07) is 9.32. The normalized spacial score (nSPS) is 19.5. The van der Waals surface area contributed by atoms with E-state index in [2.05, 4.69) is 12.1 Å². The Hall–Kier alpha value is -1.35. The van der Waals surface area contributed by atoms with Gasteiger partial charge in [-0.3, -0.25) is 4.79 Å². The monoisotopic (exact) mass is 205 g/mol. The summed E-state index contributed by atoms with van der Waals surface area (Å²) < 4.78 is 0. The van der Waals surface area contributed by atoms with Crippen molar-refractivity contribution in [3.05, 3.63) is 35.9 Å². The molecule has 0 heterocycles. The SMILES string of the molecule is N[C@@H](CC1(c2ccccc2)CC1)C(=O)O. The molecule has 1 saturated carbocycles. The highest BCUT2D eigenvalue weighted by atomic mass is 16.4. The molecule has 0 saturated heterocycles. The third-order valence-corrected chi connectivity index (χ3v) is 3.17. The number of nitrogens with two attached hydrogens (primary N) is 1. The van der Waals surface area contributed by atoms with Crippen LogP contribution in [0.3, 0.4) is 0 Å². The van der Waals surface area contributed by atoms with Gasteiger partial charge in [0, 0.05) is 0 Å². The molecule has 0 bridgehead atoms. The highest BCUT2D eigenvalue weighted by Gasteiger charge is 2.45. The Morgan fingerprint density at radius 1 is 1.40 bits per heavy atom. The van der Waals surface area contributed by atoms with Gasteiger partial charge in [-0.25, -0.2) is 0 Å². The average molecular weight is 205 g/mol. The minimum absolute atomic E-state index is 0.0407. The fourth-order valence-electron chi connectivity index (χ4n) is 2.06. The molecule has 0 radical (unpaired) electrons. The maximum absolute atomic E-state index is 10.7. The first-order chi connectivity index (χ1) is 7.14. The molecule has 0 amide bonds. The molecule has 3 N–H and O–H groups in total. The molecule has 1 aliphatic rings. The molecule has 0 spiro atoms. The Morgan fingerprint density at radius 3 is 2.47 bits per heavy atom. The van der Waals surface area contributed by atoms with Gasteiger partial charge in [0.05, 0.1) is 0 Å². The number of benzene rings is 1. The van der Waals surface area contributed by atoms with Crippen LogP contribution in [0, 0.1) is 0 Å². The summed E-state index contributed by atoms with van der Waals surface area (Å²) in [5, 5.41) is 8.80. The van der Waals surface area contributed by atoms with Crippen LogP contribution in [0.4, 0.5) is 0 Å².